The molecule has 0 radical (unpaired) electrons. The number of carbonyl (C=O) groups is 2. The van der Waals surface area contributed by atoms with Gasteiger partial charge in [-0.3, -0.25) is 9.59 Å². The van der Waals surface area contributed by atoms with Crippen molar-refractivity contribution in [1.82, 2.24) is 4.31 Å². The Labute approximate surface area is 185 Å². The van der Waals surface area contributed by atoms with Crippen LogP contribution in [0.3, 0.4) is 0 Å². The van der Waals surface area contributed by atoms with Crippen molar-refractivity contribution in [3.63, 3.8) is 0 Å². The monoisotopic (exact) mass is 468 g/mol. The molecule has 0 bridgehead atoms. The first kappa shape index (κ1) is 23.2. The molecule has 1 heterocycles. The molecule has 166 valence electrons. The largest absolute Gasteiger partial charge is 0.455 e. The number of carbonyl (C=O) groups excluding carboxylic acids is 2. The molecule has 1 aliphatic heterocycles. The van der Waals surface area contributed by atoms with Gasteiger partial charge in [-0.25, -0.2) is 12.8 Å². The van der Waals surface area contributed by atoms with E-state index in [1.807, 2.05) is 0 Å². The zero-order valence-electron chi connectivity index (χ0n) is 16.6. The van der Waals surface area contributed by atoms with Gasteiger partial charge in [0.2, 0.25) is 10.0 Å². The second-order valence-corrected chi connectivity index (χ2v) is 9.46. The molecule has 31 heavy (non-hydrogen) atoms. The van der Waals surface area contributed by atoms with Crippen LogP contribution < -0.4 is 5.32 Å². The Morgan fingerprint density at radius 3 is 2.42 bits per heavy atom. The second kappa shape index (κ2) is 10.2. The summed E-state index contributed by atoms with van der Waals surface area (Å²) in [4.78, 5) is 24.1. The number of anilines is 1. The van der Waals surface area contributed by atoms with E-state index in [0.717, 1.165) is 19.3 Å². The summed E-state index contributed by atoms with van der Waals surface area (Å²) in [6, 6.07) is 9.43. The average Bonchev–Trinajstić information content (AvgIpc) is 2.76. The van der Waals surface area contributed by atoms with Crippen LogP contribution in [0.1, 0.15) is 24.8 Å². The number of ether oxygens (including phenoxy) is 1. The van der Waals surface area contributed by atoms with E-state index in [9.17, 15) is 22.4 Å². The second-order valence-electron chi connectivity index (χ2n) is 7.12. The molecular formula is C21H22ClFN2O5S. The number of sulfonamides is 1. The fourth-order valence-electron chi connectivity index (χ4n) is 3.17. The molecule has 2 aromatic rings. The normalized spacial score (nSPS) is 14.8. The lowest BCUT2D eigenvalue weighted by molar-refractivity contribution is -0.146. The van der Waals surface area contributed by atoms with Gasteiger partial charge in [0.15, 0.2) is 6.61 Å². The molecule has 0 atom stereocenters. The van der Waals surface area contributed by atoms with Crippen LogP contribution in [-0.4, -0.2) is 44.3 Å². The molecule has 7 nitrogen and oxygen atoms in total. The van der Waals surface area contributed by atoms with Gasteiger partial charge in [0.25, 0.3) is 5.91 Å². The van der Waals surface area contributed by atoms with Gasteiger partial charge >= 0.3 is 5.97 Å². The predicted octanol–water partition coefficient (Wildman–Crippen LogP) is 3.38. The SMILES string of the molecule is O=C(COC(=O)Cc1ccc(F)cc1)Nc1cc(S(=O)(=O)N2CCCCC2)ccc1Cl. The van der Waals surface area contributed by atoms with Gasteiger partial charge in [-0.05, 0) is 48.7 Å². The zero-order chi connectivity index (χ0) is 22.4. The van der Waals surface area contributed by atoms with Crippen LogP contribution in [0.2, 0.25) is 5.02 Å². The average molecular weight is 469 g/mol. The summed E-state index contributed by atoms with van der Waals surface area (Å²) in [6.07, 6.45) is 2.49. The van der Waals surface area contributed by atoms with Gasteiger partial charge in [0.05, 0.1) is 22.0 Å². The van der Waals surface area contributed by atoms with Gasteiger partial charge in [0.1, 0.15) is 5.82 Å². The zero-order valence-corrected chi connectivity index (χ0v) is 18.2. The van der Waals surface area contributed by atoms with Gasteiger partial charge in [-0.1, -0.05) is 30.2 Å². The minimum Gasteiger partial charge on any atom is -0.455 e. The summed E-state index contributed by atoms with van der Waals surface area (Å²) in [5.41, 5.74) is 0.657. The highest BCUT2D eigenvalue weighted by Gasteiger charge is 2.26. The summed E-state index contributed by atoms with van der Waals surface area (Å²) >= 11 is 6.10. The van der Waals surface area contributed by atoms with Crippen LogP contribution in [0.25, 0.3) is 0 Å². The number of piperidine rings is 1. The maximum absolute atomic E-state index is 12.9. The number of hydrogen-bond donors (Lipinski definition) is 1. The van der Waals surface area contributed by atoms with Gasteiger partial charge in [0, 0.05) is 13.1 Å². The number of rotatable bonds is 7. The summed E-state index contributed by atoms with van der Waals surface area (Å²) in [6.45, 7) is 0.340. The Balaban J connectivity index is 1.59. The Bertz CT molecular complexity index is 1050. The van der Waals surface area contributed by atoms with E-state index in [-0.39, 0.29) is 22.0 Å². The Morgan fingerprint density at radius 2 is 1.74 bits per heavy atom. The van der Waals surface area contributed by atoms with Crippen LogP contribution >= 0.6 is 11.6 Å². The van der Waals surface area contributed by atoms with E-state index in [1.165, 1.54) is 46.8 Å². The van der Waals surface area contributed by atoms with Crippen LogP contribution in [0.5, 0.6) is 0 Å². The molecule has 0 saturated carbocycles. The maximum atomic E-state index is 12.9. The fraction of sp³-hybridized carbons (Fsp3) is 0.333. The highest BCUT2D eigenvalue weighted by Crippen LogP contribution is 2.28. The van der Waals surface area contributed by atoms with Crippen LogP contribution in [0, 0.1) is 5.82 Å². The molecule has 10 heteroatoms. The molecule has 1 N–H and O–H groups in total. The van der Waals surface area contributed by atoms with Gasteiger partial charge in [-0.15, -0.1) is 0 Å². The lowest BCUT2D eigenvalue weighted by Gasteiger charge is -2.26. The van der Waals surface area contributed by atoms with Crippen molar-refractivity contribution < 1.29 is 27.1 Å². The first-order valence-electron chi connectivity index (χ1n) is 9.75. The molecule has 0 aliphatic carbocycles. The van der Waals surface area contributed by atoms with Gasteiger partial charge < -0.3 is 10.1 Å². The first-order chi connectivity index (χ1) is 14.8. The topological polar surface area (TPSA) is 92.8 Å². The van der Waals surface area contributed by atoms with E-state index in [0.29, 0.717) is 18.7 Å². The molecule has 0 aromatic heterocycles. The number of nitrogens with zero attached hydrogens (tertiary/aromatic N) is 1. The quantitative estimate of drug-likeness (QED) is 0.629. The lowest BCUT2D eigenvalue weighted by Crippen LogP contribution is -2.35. The number of benzene rings is 2. The number of halogens is 2. The fourth-order valence-corrected chi connectivity index (χ4v) is 4.88. The summed E-state index contributed by atoms with van der Waals surface area (Å²) in [7, 11) is -3.69. The molecular weight excluding hydrogens is 447 g/mol. The van der Waals surface area contributed by atoms with E-state index in [1.54, 1.807) is 0 Å². The van der Waals surface area contributed by atoms with Crippen LogP contribution in [0.4, 0.5) is 10.1 Å². The minimum absolute atomic E-state index is 0.0300. The van der Waals surface area contributed by atoms with Crippen molar-refractivity contribution in [2.75, 3.05) is 25.0 Å². The van der Waals surface area contributed by atoms with Crippen molar-refractivity contribution in [3.05, 3.63) is 58.9 Å². The molecule has 3 rings (SSSR count). The summed E-state index contributed by atoms with van der Waals surface area (Å²) < 4.78 is 44.9. The van der Waals surface area contributed by atoms with Crippen molar-refractivity contribution in [2.45, 2.75) is 30.6 Å². The van der Waals surface area contributed by atoms with Crippen LogP contribution in [-0.2, 0) is 30.8 Å². The van der Waals surface area contributed by atoms with Crippen molar-refractivity contribution >= 4 is 39.2 Å². The smallest absolute Gasteiger partial charge is 0.310 e. The molecule has 1 aliphatic rings. The number of esters is 1. The third-order valence-corrected chi connectivity index (χ3v) is 7.01. The van der Waals surface area contributed by atoms with Crippen molar-refractivity contribution in [1.29, 1.82) is 0 Å². The Hall–Kier alpha value is -2.49. The van der Waals surface area contributed by atoms with E-state index in [2.05, 4.69) is 5.32 Å². The molecule has 1 amide bonds. The van der Waals surface area contributed by atoms with E-state index >= 15 is 0 Å². The molecule has 2 aromatic carbocycles. The van der Waals surface area contributed by atoms with E-state index < -0.39 is 34.3 Å². The predicted molar refractivity (Wildman–Crippen MR) is 114 cm³/mol. The maximum Gasteiger partial charge on any atom is 0.310 e. The molecule has 0 unspecified atom stereocenters. The molecule has 1 saturated heterocycles. The first-order valence-corrected chi connectivity index (χ1v) is 11.6. The van der Waals surface area contributed by atoms with Crippen LogP contribution in [0.15, 0.2) is 47.4 Å². The Kier molecular flexibility index (Phi) is 7.64. The minimum atomic E-state index is -3.69. The summed E-state index contributed by atoms with van der Waals surface area (Å²) in [5, 5.41) is 2.63. The number of nitrogens with one attached hydrogen (secondary N) is 1. The summed E-state index contributed by atoms with van der Waals surface area (Å²) in [5.74, 6) is -1.74. The van der Waals surface area contributed by atoms with Crippen molar-refractivity contribution in [2.24, 2.45) is 0 Å². The third kappa shape index (κ3) is 6.25. The number of hydrogen-bond acceptors (Lipinski definition) is 5. The number of amides is 1. The lowest BCUT2D eigenvalue weighted by atomic mass is 10.1. The van der Waals surface area contributed by atoms with Gasteiger partial charge in [-0.2, -0.15) is 4.31 Å². The highest BCUT2D eigenvalue weighted by molar-refractivity contribution is 7.89. The molecule has 1 fully saturated rings. The van der Waals surface area contributed by atoms with Crippen molar-refractivity contribution in [3.8, 4) is 0 Å². The highest BCUT2D eigenvalue weighted by atomic mass is 35.5. The standard InChI is InChI=1S/C21H22ClFN2O5S/c22-18-9-8-17(31(28,29)25-10-2-1-3-11-25)13-19(18)24-20(26)14-30-21(27)12-15-4-6-16(23)7-5-15/h4-9,13H,1-3,10-12,14H2,(H,24,26). The third-order valence-electron chi connectivity index (χ3n) is 4.79. The van der Waals surface area contributed by atoms with E-state index in [4.69, 9.17) is 16.3 Å². The Morgan fingerprint density at radius 1 is 1.06 bits per heavy atom. The molecule has 0 spiro atoms.